The SMILES string of the molecule is CCC1(CC(C)(C)C(C)(C)CCCBr)C2CC3(C4(C)C=CCCC=C4)CCC213. The van der Waals surface area contributed by atoms with Gasteiger partial charge in [-0.3, -0.25) is 0 Å². The van der Waals surface area contributed by atoms with E-state index in [2.05, 4.69) is 81.8 Å². The first kappa shape index (κ1) is 21.2. The lowest BCUT2D eigenvalue weighted by Gasteiger charge is -2.67. The van der Waals surface area contributed by atoms with Crippen LogP contribution in [0.1, 0.15) is 99.3 Å². The molecule has 158 valence electrons. The minimum Gasteiger partial charge on any atom is -0.0928 e. The predicted molar refractivity (Wildman–Crippen MR) is 126 cm³/mol. The third-order valence-corrected chi connectivity index (χ3v) is 11.6. The molecule has 0 amide bonds. The lowest BCUT2D eigenvalue weighted by Crippen LogP contribution is -2.60. The Bertz CT molecular complexity index is 668. The van der Waals surface area contributed by atoms with E-state index in [4.69, 9.17) is 0 Å². The number of hydrogen-bond donors (Lipinski definition) is 0. The first-order chi connectivity index (χ1) is 13.1. The van der Waals surface area contributed by atoms with Gasteiger partial charge in [0, 0.05) is 10.7 Å². The molecule has 4 aliphatic carbocycles. The minimum atomic E-state index is 0.296. The summed E-state index contributed by atoms with van der Waals surface area (Å²) in [4.78, 5) is 0. The average Bonchev–Trinajstić information content (AvgIpc) is 3.25. The second kappa shape index (κ2) is 6.48. The summed E-state index contributed by atoms with van der Waals surface area (Å²) in [7, 11) is 0. The summed E-state index contributed by atoms with van der Waals surface area (Å²) in [6.07, 6.45) is 22.5. The molecule has 3 saturated carbocycles. The maximum absolute atomic E-state index is 3.66. The Balaban J connectivity index is 1.62. The molecule has 3 fully saturated rings. The molecule has 0 radical (unpaired) electrons. The van der Waals surface area contributed by atoms with Gasteiger partial charge in [0.15, 0.2) is 0 Å². The van der Waals surface area contributed by atoms with E-state index in [-0.39, 0.29) is 0 Å². The second-order valence-electron chi connectivity index (χ2n) is 12.2. The smallest absolute Gasteiger partial charge is 0.00948 e. The largest absolute Gasteiger partial charge is 0.0928 e. The van der Waals surface area contributed by atoms with E-state index in [9.17, 15) is 0 Å². The van der Waals surface area contributed by atoms with Crippen LogP contribution in [0.3, 0.4) is 0 Å². The molecular weight excluding hydrogens is 404 g/mol. The molecule has 0 aliphatic heterocycles. The van der Waals surface area contributed by atoms with Gasteiger partial charge in [0.05, 0.1) is 0 Å². The highest BCUT2D eigenvalue weighted by molar-refractivity contribution is 9.09. The van der Waals surface area contributed by atoms with Gasteiger partial charge in [-0.2, -0.15) is 0 Å². The molecule has 4 rings (SSSR count). The summed E-state index contributed by atoms with van der Waals surface area (Å²) in [5, 5.41) is 1.14. The molecule has 28 heavy (non-hydrogen) atoms. The summed E-state index contributed by atoms with van der Waals surface area (Å²) in [6.45, 7) is 15.3. The molecule has 4 unspecified atom stereocenters. The van der Waals surface area contributed by atoms with Crippen LogP contribution in [-0.4, -0.2) is 5.33 Å². The van der Waals surface area contributed by atoms with Crippen LogP contribution in [0.15, 0.2) is 24.3 Å². The molecule has 4 aliphatic rings. The molecule has 0 saturated heterocycles. The number of halogens is 1. The summed E-state index contributed by atoms with van der Waals surface area (Å²) in [5.41, 5.74) is 2.93. The topological polar surface area (TPSA) is 0 Å². The number of hydrogen-bond acceptors (Lipinski definition) is 0. The fraction of sp³-hybridized carbons (Fsp3) is 0.852. The first-order valence-corrected chi connectivity index (χ1v) is 13.1. The molecular formula is C27H43Br. The highest BCUT2D eigenvalue weighted by atomic mass is 79.9. The van der Waals surface area contributed by atoms with Crippen molar-refractivity contribution in [3.63, 3.8) is 0 Å². The third-order valence-electron chi connectivity index (χ3n) is 11.0. The highest BCUT2D eigenvalue weighted by Gasteiger charge is 2.94. The van der Waals surface area contributed by atoms with Gasteiger partial charge in [-0.05, 0) is 90.8 Å². The van der Waals surface area contributed by atoms with Gasteiger partial charge in [0.25, 0.3) is 0 Å². The monoisotopic (exact) mass is 446 g/mol. The molecule has 4 atom stereocenters. The van der Waals surface area contributed by atoms with Crippen LogP contribution in [0, 0.1) is 38.4 Å². The van der Waals surface area contributed by atoms with Crippen molar-refractivity contribution >= 4 is 15.9 Å². The van der Waals surface area contributed by atoms with Crippen LogP contribution in [0.5, 0.6) is 0 Å². The zero-order valence-corrected chi connectivity index (χ0v) is 20.9. The molecule has 0 heterocycles. The number of allylic oxidation sites excluding steroid dienone is 4. The Morgan fingerprint density at radius 1 is 1.00 bits per heavy atom. The fourth-order valence-corrected chi connectivity index (χ4v) is 8.88. The molecule has 0 aromatic heterocycles. The van der Waals surface area contributed by atoms with Crippen LogP contribution < -0.4 is 0 Å². The van der Waals surface area contributed by atoms with Crippen molar-refractivity contribution in [3.8, 4) is 0 Å². The van der Waals surface area contributed by atoms with Crippen LogP contribution >= 0.6 is 15.9 Å². The van der Waals surface area contributed by atoms with E-state index < -0.39 is 0 Å². The van der Waals surface area contributed by atoms with Gasteiger partial charge < -0.3 is 0 Å². The lowest BCUT2D eigenvalue weighted by atomic mass is 9.37. The van der Waals surface area contributed by atoms with Crippen molar-refractivity contribution in [1.29, 1.82) is 0 Å². The van der Waals surface area contributed by atoms with Crippen molar-refractivity contribution in [3.05, 3.63) is 24.3 Å². The molecule has 0 bridgehead atoms. The minimum absolute atomic E-state index is 0.296. The Labute approximate surface area is 183 Å². The van der Waals surface area contributed by atoms with Crippen molar-refractivity contribution in [2.24, 2.45) is 38.4 Å². The maximum Gasteiger partial charge on any atom is 0.00948 e. The van der Waals surface area contributed by atoms with Crippen molar-refractivity contribution < 1.29 is 0 Å². The molecule has 1 spiro atoms. The van der Waals surface area contributed by atoms with Gasteiger partial charge in [-0.15, -0.1) is 0 Å². The standard InChI is InChI=1S/C27H43Br/c1-7-25(20-23(4,5)22(2,3)13-12-18-28)21-19-26(16-17-27(21,25)26)24(6)14-10-8-9-11-15-24/h10-11,14-15,21H,7-9,12-13,16-20H2,1-6H3. The molecule has 1 heteroatoms. The van der Waals surface area contributed by atoms with Crippen LogP contribution in [-0.2, 0) is 0 Å². The summed E-state index contributed by atoms with van der Waals surface area (Å²) >= 11 is 3.66. The van der Waals surface area contributed by atoms with Crippen molar-refractivity contribution in [2.45, 2.75) is 99.3 Å². The van der Waals surface area contributed by atoms with Crippen molar-refractivity contribution in [1.82, 2.24) is 0 Å². The Kier molecular flexibility index (Phi) is 4.91. The number of alkyl halides is 1. The van der Waals surface area contributed by atoms with E-state index in [0.29, 0.717) is 32.5 Å². The Hall–Kier alpha value is -0.0400. The number of rotatable bonds is 8. The van der Waals surface area contributed by atoms with Crippen LogP contribution in [0.25, 0.3) is 0 Å². The van der Waals surface area contributed by atoms with Crippen LogP contribution in [0.4, 0.5) is 0 Å². The third kappa shape index (κ3) is 2.35. The predicted octanol–water partition coefficient (Wildman–Crippen LogP) is 8.71. The van der Waals surface area contributed by atoms with Gasteiger partial charge in [-0.25, -0.2) is 0 Å². The first-order valence-electron chi connectivity index (χ1n) is 12.0. The van der Waals surface area contributed by atoms with Crippen LogP contribution in [0.2, 0.25) is 0 Å². The molecule has 0 nitrogen and oxygen atoms in total. The highest BCUT2D eigenvalue weighted by Crippen LogP contribution is 3.00. The molecule has 0 N–H and O–H groups in total. The summed E-state index contributed by atoms with van der Waals surface area (Å²) in [6, 6.07) is 0. The van der Waals surface area contributed by atoms with Gasteiger partial charge in [0.2, 0.25) is 0 Å². The zero-order valence-electron chi connectivity index (χ0n) is 19.3. The second-order valence-corrected chi connectivity index (χ2v) is 13.0. The van der Waals surface area contributed by atoms with Gasteiger partial charge in [-0.1, -0.05) is 81.8 Å². The van der Waals surface area contributed by atoms with E-state index in [1.54, 1.807) is 0 Å². The zero-order chi connectivity index (χ0) is 20.5. The van der Waals surface area contributed by atoms with Gasteiger partial charge >= 0.3 is 0 Å². The van der Waals surface area contributed by atoms with E-state index in [1.807, 2.05) is 0 Å². The molecule has 0 aromatic rings. The quantitative estimate of drug-likeness (QED) is 0.258. The lowest BCUT2D eigenvalue weighted by molar-refractivity contribution is -0.159. The summed E-state index contributed by atoms with van der Waals surface area (Å²) < 4.78 is 0. The Morgan fingerprint density at radius 2 is 1.64 bits per heavy atom. The maximum atomic E-state index is 3.66. The fourth-order valence-electron chi connectivity index (χ4n) is 8.60. The molecule has 0 aromatic carbocycles. The van der Waals surface area contributed by atoms with E-state index in [1.165, 1.54) is 57.8 Å². The average molecular weight is 448 g/mol. The Morgan fingerprint density at radius 3 is 2.14 bits per heavy atom. The van der Waals surface area contributed by atoms with Crippen molar-refractivity contribution in [2.75, 3.05) is 5.33 Å². The van der Waals surface area contributed by atoms with E-state index >= 15 is 0 Å². The van der Waals surface area contributed by atoms with Gasteiger partial charge in [0.1, 0.15) is 0 Å². The van der Waals surface area contributed by atoms with E-state index in [0.717, 1.165) is 11.2 Å². The normalized spacial score (nSPS) is 40.8. The summed E-state index contributed by atoms with van der Waals surface area (Å²) in [5.74, 6) is 1.01.